The van der Waals surface area contributed by atoms with Crippen molar-refractivity contribution < 1.29 is 4.74 Å². The first-order valence-corrected chi connectivity index (χ1v) is 8.21. The molecule has 1 rings (SSSR count). The highest BCUT2D eigenvalue weighted by atomic mass is 32.2. The molecule has 0 radical (unpaired) electrons. The molecule has 0 saturated carbocycles. The standard InChI is InChI=1S/C16H27NOS/c1-5-19-11-7-10-18-15-9-6-8-14(12-15)13-17-16(2,3)4/h6,8-9,12,17H,5,7,10-11,13H2,1-4H3. The molecule has 0 fully saturated rings. The molecule has 1 aromatic carbocycles. The number of hydrogen-bond donors (Lipinski definition) is 1. The molecule has 0 heterocycles. The van der Waals surface area contributed by atoms with Gasteiger partial charge in [0.15, 0.2) is 0 Å². The molecule has 3 heteroatoms. The summed E-state index contributed by atoms with van der Waals surface area (Å²) < 4.78 is 5.78. The largest absolute Gasteiger partial charge is 0.494 e. The second-order valence-corrected chi connectivity index (χ2v) is 7.04. The smallest absolute Gasteiger partial charge is 0.119 e. The topological polar surface area (TPSA) is 21.3 Å². The molecule has 0 spiro atoms. The highest BCUT2D eigenvalue weighted by molar-refractivity contribution is 7.99. The van der Waals surface area contributed by atoms with Gasteiger partial charge in [-0.2, -0.15) is 11.8 Å². The van der Waals surface area contributed by atoms with E-state index in [-0.39, 0.29) is 5.54 Å². The van der Waals surface area contributed by atoms with Crippen LogP contribution in [0.2, 0.25) is 0 Å². The van der Waals surface area contributed by atoms with E-state index in [1.165, 1.54) is 17.1 Å². The number of hydrogen-bond acceptors (Lipinski definition) is 3. The Kier molecular flexibility index (Phi) is 7.32. The molecule has 0 bridgehead atoms. The van der Waals surface area contributed by atoms with E-state index in [4.69, 9.17) is 4.74 Å². The molecule has 0 aliphatic rings. The van der Waals surface area contributed by atoms with E-state index in [0.29, 0.717) is 0 Å². The fourth-order valence-corrected chi connectivity index (χ4v) is 2.22. The van der Waals surface area contributed by atoms with Crippen LogP contribution in [0.3, 0.4) is 0 Å². The highest BCUT2D eigenvalue weighted by Gasteiger charge is 2.08. The van der Waals surface area contributed by atoms with Crippen LogP contribution >= 0.6 is 11.8 Å². The number of rotatable bonds is 8. The number of ether oxygens (including phenoxy) is 1. The quantitative estimate of drug-likeness (QED) is 0.725. The van der Waals surface area contributed by atoms with Crippen molar-refractivity contribution in [1.82, 2.24) is 5.32 Å². The fourth-order valence-electron chi connectivity index (χ4n) is 1.61. The van der Waals surface area contributed by atoms with E-state index in [1.807, 2.05) is 17.8 Å². The van der Waals surface area contributed by atoms with Crippen molar-refractivity contribution in [3.63, 3.8) is 0 Å². The predicted molar refractivity (Wildman–Crippen MR) is 86.1 cm³/mol. The highest BCUT2D eigenvalue weighted by Crippen LogP contribution is 2.15. The first-order chi connectivity index (χ1) is 9.01. The zero-order chi connectivity index (χ0) is 14.1. The van der Waals surface area contributed by atoms with Gasteiger partial charge in [-0.15, -0.1) is 0 Å². The van der Waals surface area contributed by atoms with E-state index >= 15 is 0 Å². The van der Waals surface area contributed by atoms with Gasteiger partial charge in [-0.05, 0) is 56.4 Å². The Morgan fingerprint density at radius 2 is 2.05 bits per heavy atom. The van der Waals surface area contributed by atoms with Crippen LogP contribution in [-0.4, -0.2) is 23.7 Å². The molecule has 1 N–H and O–H groups in total. The predicted octanol–water partition coefficient (Wildman–Crippen LogP) is 4.10. The molecule has 19 heavy (non-hydrogen) atoms. The Morgan fingerprint density at radius 3 is 2.74 bits per heavy atom. The van der Waals surface area contributed by atoms with Gasteiger partial charge >= 0.3 is 0 Å². The minimum Gasteiger partial charge on any atom is -0.494 e. The van der Waals surface area contributed by atoms with Crippen LogP contribution in [0.15, 0.2) is 24.3 Å². The third-order valence-corrected chi connectivity index (χ3v) is 3.61. The van der Waals surface area contributed by atoms with Gasteiger partial charge in [0.05, 0.1) is 6.61 Å². The van der Waals surface area contributed by atoms with Crippen LogP contribution in [0.1, 0.15) is 39.7 Å². The molecule has 0 aliphatic carbocycles. The summed E-state index contributed by atoms with van der Waals surface area (Å²) >= 11 is 1.97. The second-order valence-electron chi connectivity index (χ2n) is 5.65. The van der Waals surface area contributed by atoms with Crippen molar-refractivity contribution in [1.29, 1.82) is 0 Å². The lowest BCUT2D eigenvalue weighted by molar-refractivity contribution is 0.318. The molecule has 0 unspecified atom stereocenters. The van der Waals surface area contributed by atoms with Gasteiger partial charge in [0.1, 0.15) is 5.75 Å². The lowest BCUT2D eigenvalue weighted by Gasteiger charge is -2.20. The summed E-state index contributed by atoms with van der Waals surface area (Å²) in [6.45, 7) is 10.4. The Bertz CT molecular complexity index is 360. The van der Waals surface area contributed by atoms with Gasteiger partial charge in [0, 0.05) is 12.1 Å². The molecule has 0 aliphatic heterocycles. The van der Waals surface area contributed by atoms with Gasteiger partial charge in [-0.3, -0.25) is 0 Å². The van der Waals surface area contributed by atoms with Gasteiger partial charge in [0.25, 0.3) is 0 Å². The lowest BCUT2D eigenvalue weighted by atomic mass is 10.1. The van der Waals surface area contributed by atoms with Gasteiger partial charge in [-0.25, -0.2) is 0 Å². The molecule has 2 nitrogen and oxygen atoms in total. The van der Waals surface area contributed by atoms with Gasteiger partial charge in [-0.1, -0.05) is 19.1 Å². The maximum atomic E-state index is 5.78. The van der Waals surface area contributed by atoms with Crippen LogP contribution in [-0.2, 0) is 6.54 Å². The summed E-state index contributed by atoms with van der Waals surface area (Å²) in [5.41, 5.74) is 1.42. The molecule has 108 valence electrons. The molecular formula is C16H27NOS. The number of benzene rings is 1. The van der Waals surface area contributed by atoms with Crippen LogP contribution in [0.5, 0.6) is 5.75 Å². The van der Waals surface area contributed by atoms with Crippen LogP contribution in [0, 0.1) is 0 Å². The maximum Gasteiger partial charge on any atom is 0.119 e. The SMILES string of the molecule is CCSCCCOc1cccc(CNC(C)(C)C)c1. The van der Waals surface area contributed by atoms with Crippen molar-refractivity contribution >= 4 is 11.8 Å². The van der Waals surface area contributed by atoms with Crippen molar-refractivity contribution in [2.75, 3.05) is 18.1 Å². The summed E-state index contributed by atoms with van der Waals surface area (Å²) in [5.74, 6) is 3.35. The third kappa shape index (κ3) is 8.17. The lowest BCUT2D eigenvalue weighted by Crippen LogP contribution is -2.35. The van der Waals surface area contributed by atoms with Crippen LogP contribution in [0.25, 0.3) is 0 Å². The molecule has 0 atom stereocenters. The van der Waals surface area contributed by atoms with Crippen molar-refractivity contribution in [2.24, 2.45) is 0 Å². The average Bonchev–Trinajstić information content (AvgIpc) is 2.36. The minimum atomic E-state index is 0.147. The van der Waals surface area contributed by atoms with Gasteiger partial charge in [0.2, 0.25) is 0 Å². The second kappa shape index (κ2) is 8.49. The summed E-state index contributed by atoms with van der Waals surface area (Å²) in [4.78, 5) is 0. The van der Waals surface area contributed by atoms with Crippen molar-refractivity contribution in [3.8, 4) is 5.75 Å². The van der Waals surface area contributed by atoms with Crippen LogP contribution in [0.4, 0.5) is 0 Å². The zero-order valence-electron chi connectivity index (χ0n) is 12.7. The van der Waals surface area contributed by atoms with Crippen LogP contribution < -0.4 is 10.1 Å². The Labute approximate surface area is 122 Å². The third-order valence-electron chi connectivity index (χ3n) is 2.63. The molecular weight excluding hydrogens is 254 g/mol. The van der Waals surface area contributed by atoms with E-state index in [1.54, 1.807) is 0 Å². The van der Waals surface area contributed by atoms with E-state index in [9.17, 15) is 0 Å². The first-order valence-electron chi connectivity index (χ1n) is 7.06. The van der Waals surface area contributed by atoms with E-state index < -0.39 is 0 Å². The van der Waals surface area contributed by atoms with Crippen molar-refractivity contribution in [3.05, 3.63) is 29.8 Å². The minimum absolute atomic E-state index is 0.147. The Balaban J connectivity index is 2.35. The Morgan fingerprint density at radius 1 is 1.26 bits per heavy atom. The normalized spacial score (nSPS) is 11.6. The summed E-state index contributed by atoms with van der Waals surface area (Å²) in [6, 6.07) is 8.37. The number of nitrogens with one attached hydrogen (secondary N) is 1. The zero-order valence-corrected chi connectivity index (χ0v) is 13.5. The van der Waals surface area contributed by atoms with Crippen molar-refractivity contribution in [2.45, 2.75) is 46.2 Å². The monoisotopic (exact) mass is 281 g/mol. The molecule has 0 saturated heterocycles. The average molecular weight is 281 g/mol. The fraction of sp³-hybridized carbons (Fsp3) is 0.625. The molecule has 0 aromatic heterocycles. The molecule has 0 amide bonds. The summed E-state index contributed by atoms with van der Waals surface area (Å²) in [7, 11) is 0. The number of thioether (sulfide) groups is 1. The van der Waals surface area contributed by atoms with E-state index in [0.717, 1.165) is 25.3 Å². The summed E-state index contributed by atoms with van der Waals surface area (Å²) in [6.07, 6.45) is 1.11. The molecule has 1 aromatic rings. The maximum absolute atomic E-state index is 5.78. The summed E-state index contributed by atoms with van der Waals surface area (Å²) in [5, 5.41) is 3.49. The van der Waals surface area contributed by atoms with E-state index in [2.05, 4.69) is 51.2 Å². The Hall–Kier alpha value is -0.670. The first kappa shape index (κ1) is 16.4. The van der Waals surface area contributed by atoms with Gasteiger partial charge < -0.3 is 10.1 Å².